The third kappa shape index (κ3) is 11.7. The maximum Gasteiger partial charge on any atom is 0.323 e. The Bertz CT molecular complexity index is 2310. The molecule has 0 unspecified atom stereocenters. The summed E-state index contributed by atoms with van der Waals surface area (Å²) in [6.07, 6.45) is 7.46. The molecular weight excluding hydrogens is 737 g/mol. The molecule has 1 heterocycles. The first-order valence-electron chi connectivity index (χ1n) is 18.7. The van der Waals surface area contributed by atoms with Crippen molar-refractivity contribution in [2.75, 3.05) is 69.7 Å². The van der Waals surface area contributed by atoms with Crippen LogP contribution in [0.5, 0.6) is 17.2 Å². The number of fused-ring (bicyclic) bond motifs is 1. The third-order valence-corrected chi connectivity index (χ3v) is 8.82. The van der Waals surface area contributed by atoms with E-state index in [9.17, 15) is 14.9 Å². The number of terminal acetylenes is 1. The van der Waals surface area contributed by atoms with Gasteiger partial charge < -0.3 is 45.0 Å². The van der Waals surface area contributed by atoms with E-state index in [0.717, 1.165) is 16.3 Å². The fourth-order valence-electron chi connectivity index (χ4n) is 5.95. The molecule has 58 heavy (non-hydrogen) atoms. The van der Waals surface area contributed by atoms with Crippen molar-refractivity contribution in [3.63, 3.8) is 0 Å². The average Bonchev–Trinajstić information content (AvgIpc) is 3.20. The number of carbonyl (C=O) groups excluding carboxylic acids is 2. The summed E-state index contributed by atoms with van der Waals surface area (Å²) in [6, 6.07) is 25.2. The van der Waals surface area contributed by atoms with Gasteiger partial charge in [0.2, 0.25) is 0 Å². The molecule has 0 bridgehead atoms. The molecule has 0 atom stereocenters. The quantitative estimate of drug-likeness (QED) is 0.0503. The van der Waals surface area contributed by atoms with Crippen LogP contribution >= 0.6 is 0 Å². The summed E-state index contributed by atoms with van der Waals surface area (Å²) in [4.78, 5) is 30.9. The summed E-state index contributed by atoms with van der Waals surface area (Å²) in [7, 11) is 3.13. The van der Waals surface area contributed by atoms with Crippen LogP contribution in [-0.4, -0.2) is 70.7 Å². The molecule has 0 aliphatic carbocycles. The second-order valence-corrected chi connectivity index (χ2v) is 14.1. The SMILES string of the molecule is C#Cc1cc(Nc2cc(Oc3ccc(NC(=O)Nc4cc(C(C)(C)C)cc(CC#N)c4OC)c4ccccc34)ccn2)cc(C(=O)NCCOCCOCCOC)c1. The van der Waals surface area contributed by atoms with Gasteiger partial charge in [0.25, 0.3) is 5.91 Å². The number of ether oxygens (including phenoxy) is 5. The number of carbonyl (C=O) groups is 2. The fourth-order valence-corrected chi connectivity index (χ4v) is 5.95. The molecule has 0 radical (unpaired) electrons. The van der Waals surface area contributed by atoms with Gasteiger partial charge in [-0.1, -0.05) is 57.0 Å². The summed E-state index contributed by atoms with van der Waals surface area (Å²) in [6.45, 7) is 8.70. The van der Waals surface area contributed by atoms with Crippen LogP contribution < -0.4 is 30.7 Å². The van der Waals surface area contributed by atoms with E-state index in [2.05, 4.69) is 59.0 Å². The normalized spacial score (nSPS) is 10.9. The topological polar surface area (TPSA) is 165 Å². The Hall–Kier alpha value is -6.64. The van der Waals surface area contributed by atoms with Crippen molar-refractivity contribution in [1.82, 2.24) is 10.3 Å². The van der Waals surface area contributed by atoms with Crippen LogP contribution in [-0.2, 0) is 26.0 Å². The van der Waals surface area contributed by atoms with Gasteiger partial charge in [-0.25, -0.2) is 9.78 Å². The molecule has 1 aromatic heterocycles. The van der Waals surface area contributed by atoms with Gasteiger partial charge in [-0.2, -0.15) is 5.26 Å². The predicted molar refractivity (Wildman–Crippen MR) is 225 cm³/mol. The Kier molecular flexibility index (Phi) is 15.0. The minimum absolute atomic E-state index is 0.133. The number of nitrogens with one attached hydrogen (secondary N) is 4. The third-order valence-electron chi connectivity index (χ3n) is 8.82. The Balaban J connectivity index is 1.27. The van der Waals surface area contributed by atoms with E-state index in [1.807, 2.05) is 36.4 Å². The lowest BCUT2D eigenvalue weighted by atomic mass is 9.85. The second-order valence-electron chi connectivity index (χ2n) is 14.1. The molecule has 300 valence electrons. The second kappa shape index (κ2) is 20.5. The molecular formula is C45H48N6O7. The number of nitriles is 1. The van der Waals surface area contributed by atoms with Crippen LogP contribution in [0.2, 0.25) is 0 Å². The molecule has 5 rings (SSSR count). The maximum absolute atomic E-state index is 13.5. The highest BCUT2D eigenvalue weighted by atomic mass is 16.5. The highest BCUT2D eigenvalue weighted by Gasteiger charge is 2.21. The Morgan fingerprint density at radius 1 is 0.845 bits per heavy atom. The number of methoxy groups -OCH3 is 2. The molecule has 0 saturated carbocycles. The van der Waals surface area contributed by atoms with E-state index in [0.29, 0.717) is 96.4 Å². The van der Waals surface area contributed by atoms with Crippen molar-refractivity contribution in [2.45, 2.75) is 32.6 Å². The van der Waals surface area contributed by atoms with Gasteiger partial charge in [0, 0.05) is 59.1 Å². The number of amides is 3. The smallest absolute Gasteiger partial charge is 0.323 e. The van der Waals surface area contributed by atoms with Gasteiger partial charge in [0.15, 0.2) is 0 Å². The number of urea groups is 1. The summed E-state index contributed by atoms with van der Waals surface area (Å²) in [5.41, 5.74) is 3.91. The van der Waals surface area contributed by atoms with E-state index in [4.69, 9.17) is 30.1 Å². The monoisotopic (exact) mass is 784 g/mol. The van der Waals surface area contributed by atoms with Crippen LogP contribution in [0.4, 0.5) is 27.7 Å². The van der Waals surface area contributed by atoms with E-state index < -0.39 is 6.03 Å². The predicted octanol–water partition coefficient (Wildman–Crippen LogP) is 8.18. The van der Waals surface area contributed by atoms with Crippen molar-refractivity contribution in [3.05, 3.63) is 107 Å². The lowest BCUT2D eigenvalue weighted by Gasteiger charge is -2.23. The van der Waals surface area contributed by atoms with Crippen LogP contribution in [0.1, 0.15) is 47.8 Å². The maximum atomic E-state index is 13.5. The summed E-state index contributed by atoms with van der Waals surface area (Å²) in [5.74, 6) is 4.25. The van der Waals surface area contributed by atoms with Crippen LogP contribution in [0.3, 0.4) is 0 Å². The zero-order valence-electron chi connectivity index (χ0n) is 33.4. The zero-order valence-corrected chi connectivity index (χ0v) is 33.4. The van der Waals surface area contributed by atoms with Gasteiger partial charge in [0.1, 0.15) is 23.1 Å². The first-order chi connectivity index (χ1) is 28.0. The van der Waals surface area contributed by atoms with Gasteiger partial charge in [-0.15, -0.1) is 6.42 Å². The average molecular weight is 785 g/mol. The Labute approximate surface area is 339 Å². The highest BCUT2D eigenvalue weighted by Crippen LogP contribution is 2.37. The molecule has 0 spiro atoms. The first-order valence-corrected chi connectivity index (χ1v) is 18.7. The van der Waals surface area contributed by atoms with Gasteiger partial charge in [0.05, 0.1) is 64.0 Å². The van der Waals surface area contributed by atoms with E-state index in [1.54, 1.807) is 55.8 Å². The summed E-state index contributed by atoms with van der Waals surface area (Å²) in [5, 5.41) is 22.9. The number of pyridine rings is 1. The van der Waals surface area contributed by atoms with Crippen LogP contribution in [0.25, 0.3) is 10.8 Å². The molecule has 4 N–H and O–H groups in total. The molecule has 3 amide bonds. The number of rotatable bonds is 18. The van der Waals surface area contributed by atoms with Crippen molar-refractivity contribution < 1.29 is 33.3 Å². The molecule has 4 aromatic carbocycles. The van der Waals surface area contributed by atoms with Gasteiger partial charge in [-0.3, -0.25) is 4.79 Å². The van der Waals surface area contributed by atoms with Crippen molar-refractivity contribution in [3.8, 4) is 35.7 Å². The minimum Gasteiger partial charge on any atom is -0.494 e. The summed E-state index contributed by atoms with van der Waals surface area (Å²) >= 11 is 0. The first kappa shape index (κ1) is 42.5. The number of anilines is 4. The number of nitrogens with zero attached hydrogens (tertiary/aromatic N) is 2. The molecule has 5 aromatic rings. The van der Waals surface area contributed by atoms with Crippen molar-refractivity contribution in [2.24, 2.45) is 0 Å². The van der Waals surface area contributed by atoms with Crippen molar-refractivity contribution in [1.29, 1.82) is 5.26 Å². The Morgan fingerprint density at radius 3 is 2.31 bits per heavy atom. The van der Waals surface area contributed by atoms with Gasteiger partial charge >= 0.3 is 6.03 Å². The molecule has 0 aliphatic heterocycles. The largest absolute Gasteiger partial charge is 0.494 e. The van der Waals surface area contributed by atoms with E-state index in [1.165, 1.54) is 7.11 Å². The highest BCUT2D eigenvalue weighted by molar-refractivity contribution is 6.08. The van der Waals surface area contributed by atoms with Crippen LogP contribution in [0, 0.1) is 23.7 Å². The molecule has 0 aliphatic rings. The number of hydrogen-bond acceptors (Lipinski definition) is 10. The standard InChI is InChI=1S/C45H48N6O7/c1-7-30-24-32(43(52)48-18-19-56-22-23-57-21-20-54-5)27-34(25-30)49-41-29-35(15-17-47-41)58-40-13-12-38(36-10-8-9-11-37(36)40)50-44(53)51-39-28-33(45(2,3)4)26-31(14-16-46)42(39)55-6/h1,8-13,15,17,24-29H,14,18-23H2,2-6H3,(H,47,49)(H,48,52)(H2,50,51,53). The lowest BCUT2D eigenvalue weighted by molar-refractivity contribution is 0.0255. The van der Waals surface area contributed by atoms with Crippen molar-refractivity contribution >= 4 is 45.6 Å². The lowest BCUT2D eigenvalue weighted by Crippen LogP contribution is -2.27. The van der Waals surface area contributed by atoms with E-state index in [-0.39, 0.29) is 17.7 Å². The number of hydrogen-bond donors (Lipinski definition) is 4. The van der Waals surface area contributed by atoms with Crippen LogP contribution in [0.15, 0.2) is 85.1 Å². The Morgan fingerprint density at radius 2 is 1.59 bits per heavy atom. The number of aromatic nitrogens is 1. The molecule has 0 fully saturated rings. The van der Waals surface area contributed by atoms with Gasteiger partial charge in [-0.05, 0) is 53.4 Å². The summed E-state index contributed by atoms with van der Waals surface area (Å²) < 4.78 is 27.8. The number of benzene rings is 4. The molecule has 0 saturated heterocycles. The van der Waals surface area contributed by atoms with E-state index >= 15 is 0 Å². The minimum atomic E-state index is -0.477. The zero-order chi connectivity index (χ0) is 41.5. The molecule has 13 heteroatoms. The molecule has 13 nitrogen and oxygen atoms in total. The fraction of sp³-hybridized carbons (Fsp3) is 0.289.